The molecule has 8 nitrogen and oxygen atoms in total. The molecule has 1 aromatic carbocycles. The fourth-order valence-electron chi connectivity index (χ4n) is 3.90. The molecule has 4 rings (SSSR count). The summed E-state index contributed by atoms with van der Waals surface area (Å²) in [5, 5.41) is 0.504. The molecule has 0 aliphatic carbocycles. The van der Waals surface area contributed by atoms with Gasteiger partial charge in [0.15, 0.2) is 0 Å². The highest BCUT2D eigenvalue weighted by atomic mass is 35.5. The summed E-state index contributed by atoms with van der Waals surface area (Å²) >= 11 is 6.64. The first-order valence-electron chi connectivity index (χ1n) is 9.60. The maximum Gasteiger partial charge on any atom is 0.235 e. The minimum absolute atomic E-state index is 0.164. The van der Waals surface area contributed by atoms with Crippen LogP contribution in [0.15, 0.2) is 24.3 Å². The maximum atomic E-state index is 12.2. The van der Waals surface area contributed by atoms with Gasteiger partial charge >= 0.3 is 0 Å². The first-order chi connectivity index (χ1) is 13.8. The van der Waals surface area contributed by atoms with Crippen LogP contribution in [0.4, 0.5) is 17.5 Å². The van der Waals surface area contributed by atoms with Crippen LogP contribution in [0.1, 0.15) is 30.1 Å². The molecule has 1 atom stereocenters. The van der Waals surface area contributed by atoms with E-state index >= 15 is 0 Å². The number of ether oxygens (including phenoxy) is 1. The third kappa shape index (κ3) is 4.12. The lowest BCUT2D eigenvalue weighted by atomic mass is 10.0. The highest BCUT2D eigenvalue weighted by molar-refractivity contribution is 7.93. The average Bonchev–Trinajstić information content (AvgIpc) is 2.86. The number of aromatic nitrogens is 2. The van der Waals surface area contributed by atoms with E-state index in [1.54, 1.807) is 6.07 Å². The van der Waals surface area contributed by atoms with Gasteiger partial charge in [-0.15, -0.1) is 0 Å². The molecule has 29 heavy (non-hydrogen) atoms. The van der Waals surface area contributed by atoms with E-state index in [9.17, 15) is 8.42 Å². The number of benzene rings is 1. The summed E-state index contributed by atoms with van der Waals surface area (Å²) in [6.45, 7) is 4.19. The molecule has 0 bridgehead atoms. The van der Waals surface area contributed by atoms with Crippen LogP contribution in [-0.2, 0) is 14.8 Å². The molecular formula is C19H24ClN5O3S. The fourth-order valence-corrected chi connectivity index (χ4v) is 5.76. The van der Waals surface area contributed by atoms with Crippen LogP contribution in [0.5, 0.6) is 0 Å². The lowest BCUT2D eigenvalue weighted by molar-refractivity contribution is 0.134. The van der Waals surface area contributed by atoms with Crippen LogP contribution >= 0.6 is 11.6 Å². The zero-order valence-corrected chi connectivity index (χ0v) is 17.8. The van der Waals surface area contributed by atoms with E-state index in [0.717, 1.165) is 30.0 Å². The highest BCUT2D eigenvalue weighted by Gasteiger charge is 2.31. The smallest absolute Gasteiger partial charge is 0.235 e. The van der Waals surface area contributed by atoms with Crippen molar-refractivity contribution in [1.82, 2.24) is 9.97 Å². The molecule has 10 heteroatoms. The van der Waals surface area contributed by atoms with Gasteiger partial charge in [0.05, 0.1) is 24.1 Å². The van der Waals surface area contributed by atoms with Gasteiger partial charge in [-0.3, -0.25) is 4.31 Å². The molecule has 156 valence electrons. The lowest BCUT2D eigenvalue weighted by Gasteiger charge is -2.32. The van der Waals surface area contributed by atoms with Crippen LogP contribution < -0.4 is 14.9 Å². The summed E-state index contributed by atoms with van der Waals surface area (Å²) in [6.07, 6.45) is 1.47. The summed E-state index contributed by atoms with van der Waals surface area (Å²) < 4.78 is 31.7. The van der Waals surface area contributed by atoms with Crippen molar-refractivity contribution in [3.8, 4) is 0 Å². The maximum absolute atomic E-state index is 12.2. The summed E-state index contributed by atoms with van der Waals surface area (Å²) in [5.41, 5.74) is 8.12. The second-order valence-electron chi connectivity index (χ2n) is 7.31. The number of anilines is 3. The Labute approximate surface area is 175 Å². The van der Waals surface area contributed by atoms with E-state index in [1.165, 1.54) is 4.31 Å². The van der Waals surface area contributed by atoms with Crippen molar-refractivity contribution in [2.24, 2.45) is 0 Å². The number of halogens is 1. The number of nitrogens with two attached hydrogens (primary N) is 1. The third-order valence-electron chi connectivity index (χ3n) is 5.22. The second kappa shape index (κ2) is 7.97. The molecule has 3 heterocycles. The standard InChI is InChI=1S/C19H24ClN5O3S/c1-13-10-18(23-19(21)22-13)24-6-2-8-28-12-17(24)15-5-4-14(11-16(15)20)25-7-3-9-29(25,26)27/h4-5,10-11,17H,2-3,6-9,12H2,1H3,(H2,21,22,23). The number of sulfonamides is 1. The SMILES string of the molecule is Cc1cc(N2CCCOCC2c2ccc(N3CCCS3(=O)=O)cc2Cl)nc(N)n1. The zero-order valence-electron chi connectivity index (χ0n) is 16.2. The molecule has 0 spiro atoms. The Hall–Kier alpha value is -2.10. The van der Waals surface area contributed by atoms with Gasteiger partial charge in [0.1, 0.15) is 5.82 Å². The number of hydrogen-bond acceptors (Lipinski definition) is 7. The Morgan fingerprint density at radius 1 is 1.21 bits per heavy atom. The molecule has 1 unspecified atom stereocenters. The summed E-state index contributed by atoms with van der Waals surface area (Å²) in [4.78, 5) is 10.7. The first-order valence-corrected chi connectivity index (χ1v) is 11.6. The number of nitrogens with zero attached hydrogens (tertiary/aromatic N) is 4. The minimum atomic E-state index is -3.25. The Kier molecular flexibility index (Phi) is 5.54. The van der Waals surface area contributed by atoms with Gasteiger partial charge in [-0.25, -0.2) is 13.4 Å². The Morgan fingerprint density at radius 3 is 2.72 bits per heavy atom. The highest BCUT2D eigenvalue weighted by Crippen LogP contribution is 2.36. The van der Waals surface area contributed by atoms with Gasteiger partial charge < -0.3 is 15.4 Å². The number of nitrogen functional groups attached to an aromatic ring is 1. The van der Waals surface area contributed by atoms with E-state index < -0.39 is 10.0 Å². The van der Waals surface area contributed by atoms with E-state index in [2.05, 4.69) is 14.9 Å². The predicted molar refractivity (Wildman–Crippen MR) is 114 cm³/mol. The molecule has 0 saturated carbocycles. The molecule has 0 amide bonds. The average molecular weight is 438 g/mol. The van der Waals surface area contributed by atoms with Crippen molar-refractivity contribution < 1.29 is 13.2 Å². The van der Waals surface area contributed by atoms with Gasteiger partial charge in [-0.1, -0.05) is 17.7 Å². The van der Waals surface area contributed by atoms with Crippen molar-refractivity contribution >= 4 is 39.1 Å². The third-order valence-corrected chi connectivity index (χ3v) is 7.42. The van der Waals surface area contributed by atoms with Gasteiger partial charge in [-0.2, -0.15) is 4.98 Å². The minimum Gasteiger partial charge on any atom is -0.379 e. The monoisotopic (exact) mass is 437 g/mol. The van der Waals surface area contributed by atoms with Crippen LogP contribution in [0.2, 0.25) is 5.02 Å². The van der Waals surface area contributed by atoms with Crippen molar-refractivity contribution in [3.63, 3.8) is 0 Å². The van der Waals surface area contributed by atoms with Crippen LogP contribution in [0.3, 0.4) is 0 Å². The predicted octanol–water partition coefficient (Wildman–Crippen LogP) is 2.53. The van der Waals surface area contributed by atoms with Crippen molar-refractivity contribution in [2.75, 3.05) is 47.0 Å². The zero-order chi connectivity index (χ0) is 20.6. The van der Waals surface area contributed by atoms with E-state index in [1.807, 2.05) is 25.1 Å². The number of rotatable bonds is 3. The summed E-state index contributed by atoms with van der Waals surface area (Å²) in [7, 11) is -3.25. The first kappa shape index (κ1) is 20.2. The van der Waals surface area contributed by atoms with Crippen molar-refractivity contribution in [2.45, 2.75) is 25.8 Å². The molecule has 2 aliphatic heterocycles. The van der Waals surface area contributed by atoms with E-state index in [0.29, 0.717) is 36.9 Å². The topological polar surface area (TPSA) is 102 Å². The van der Waals surface area contributed by atoms with Crippen molar-refractivity contribution in [1.29, 1.82) is 0 Å². The van der Waals surface area contributed by atoms with E-state index in [-0.39, 0.29) is 17.7 Å². The Balaban J connectivity index is 1.70. The van der Waals surface area contributed by atoms with Gasteiger partial charge in [-0.05, 0) is 37.5 Å². The van der Waals surface area contributed by atoms with Crippen molar-refractivity contribution in [3.05, 3.63) is 40.5 Å². The molecule has 2 fully saturated rings. The molecule has 2 N–H and O–H groups in total. The fraction of sp³-hybridized carbons (Fsp3) is 0.474. The van der Waals surface area contributed by atoms with Gasteiger partial charge in [0, 0.05) is 36.5 Å². The Morgan fingerprint density at radius 2 is 2.03 bits per heavy atom. The normalized spacial score (nSPS) is 21.9. The molecular weight excluding hydrogens is 414 g/mol. The van der Waals surface area contributed by atoms with Crippen LogP contribution in [0, 0.1) is 6.92 Å². The largest absolute Gasteiger partial charge is 0.379 e. The van der Waals surface area contributed by atoms with Crippen LogP contribution in [0.25, 0.3) is 0 Å². The molecule has 2 saturated heterocycles. The quantitative estimate of drug-likeness (QED) is 0.787. The summed E-state index contributed by atoms with van der Waals surface area (Å²) in [6, 6.07) is 7.15. The molecule has 0 radical (unpaired) electrons. The number of aryl methyl sites for hydroxylation is 1. The van der Waals surface area contributed by atoms with E-state index in [4.69, 9.17) is 22.1 Å². The Bertz CT molecular complexity index is 997. The molecule has 2 aliphatic rings. The molecule has 2 aromatic rings. The lowest BCUT2D eigenvalue weighted by Crippen LogP contribution is -2.32. The molecule has 1 aromatic heterocycles. The van der Waals surface area contributed by atoms with Gasteiger partial charge in [0.2, 0.25) is 16.0 Å². The van der Waals surface area contributed by atoms with Crippen LogP contribution in [-0.4, -0.2) is 50.4 Å². The summed E-state index contributed by atoms with van der Waals surface area (Å²) in [5.74, 6) is 1.13. The number of hydrogen-bond donors (Lipinski definition) is 1. The van der Waals surface area contributed by atoms with Gasteiger partial charge in [0.25, 0.3) is 0 Å². The second-order valence-corrected chi connectivity index (χ2v) is 9.73.